The van der Waals surface area contributed by atoms with Gasteiger partial charge < -0.3 is 15.0 Å². The molecule has 0 aliphatic heterocycles. The molecular formula is C20H21N3O2. The monoisotopic (exact) mass is 335 g/mol. The number of H-pyrrole nitrogens is 1. The summed E-state index contributed by atoms with van der Waals surface area (Å²) in [6.07, 6.45) is 1.78. The number of carbonyl (C=O) groups is 1. The van der Waals surface area contributed by atoms with E-state index in [1.807, 2.05) is 55.5 Å². The molecule has 0 aliphatic rings. The molecule has 0 saturated carbocycles. The molecule has 0 unspecified atom stereocenters. The highest BCUT2D eigenvalue weighted by molar-refractivity contribution is 5.95. The molecule has 2 N–H and O–H groups in total. The number of hydrogen-bond donors (Lipinski definition) is 2. The largest absolute Gasteiger partial charge is 0.380 e. The number of nitrogens with one attached hydrogen (secondary N) is 2. The highest BCUT2D eigenvalue weighted by Gasteiger charge is 2.16. The summed E-state index contributed by atoms with van der Waals surface area (Å²) in [5, 5.41) is 2.99. The van der Waals surface area contributed by atoms with Gasteiger partial charge in [0.2, 0.25) is 0 Å². The molecule has 1 amide bonds. The number of aromatic nitrogens is 2. The van der Waals surface area contributed by atoms with E-state index in [9.17, 15) is 4.79 Å². The summed E-state index contributed by atoms with van der Waals surface area (Å²) in [6.45, 7) is 2.31. The van der Waals surface area contributed by atoms with Gasteiger partial charge in [-0.2, -0.15) is 0 Å². The average Bonchev–Trinajstić information content (AvgIpc) is 3.13. The Kier molecular flexibility index (Phi) is 5.26. The van der Waals surface area contributed by atoms with Crippen LogP contribution in [0.25, 0.3) is 11.3 Å². The van der Waals surface area contributed by atoms with Gasteiger partial charge in [0.25, 0.3) is 5.91 Å². The van der Waals surface area contributed by atoms with E-state index in [1.54, 1.807) is 19.4 Å². The molecule has 5 nitrogen and oxygen atoms in total. The predicted molar refractivity (Wildman–Crippen MR) is 97.1 cm³/mol. The van der Waals surface area contributed by atoms with Crippen molar-refractivity contribution in [1.82, 2.24) is 15.3 Å². The molecular weight excluding hydrogens is 314 g/mol. The van der Waals surface area contributed by atoms with Crippen molar-refractivity contribution in [2.75, 3.05) is 7.11 Å². The number of ether oxygens (including phenoxy) is 1. The van der Waals surface area contributed by atoms with E-state index in [4.69, 9.17) is 4.74 Å². The van der Waals surface area contributed by atoms with Crippen LogP contribution in [-0.4, -0.2) is 23.0 Å². The Morgan fingerprint density at radius 1 is 1.16 bits per heavy atom. The van der Waals surface area contributed by atoms with Crippen LogP contribution in [0.5, 0.6) is 0 Å². The third-order valence-electron chi connectivity index (χ3n) is 4.00. The number of aromatic amines is 1. The van der Waals surface area contributed by atoms with Crippen molar-refractivity contribution < 1.29 is 9.53 Å². The lowest BCUT2D eigenvalue weighted by molar-refractivity contribution is 0.0933. The van der Waals surface area contributed by atoms with E-state index < -0.39 is 0 Å². The van der Waals surface area contributed by atoms with Crippen molar-refractivity contribution in [2.45, 2.75) is 19.6 Å². The summed E-state index contributed by atoms with van der Waals surface area (Å²) in [7, 11) is 1.62. The van der Waals surface area contributed by atoms with Crippen molar-refractivity contribution in [1.29, 1.82) is 0 Å². The minimum absolute atomic E-state index is 0.141. The third-order valence-corrected chi connectivity index (χ3v) is 4.00. The van der Waals surface area contributed by atoms with E-state index in [-0.39, 0.29) is 11.9 Å². The van der Waals surface area contributed by atoms with Gasteiger partial charge in [0.1, 0.15) is 5.82 Å². The highest BCUT2D eigenvalue weighted by Crippen LogP contribution is 2.19. The third kappa shape index (κ3) is 3.95. The van der Waals surface area contributed by atoms with Gasteiger partial charge in [-0.25, -0.2) is 4.98 Å². The van der Waals surface area contributed by atoms with Crippen LogP contribution in [0.1, 0.15) is 34.7 Å². The van der Waals surface area contributed by atoms with Gasteiger partial charge in [-0.1, -0.05) is 48.5 Å². The zero-order valence-electron chi connectivity index (χ0n) is 14.3. The quantitative estimate of drug-likeness (QED) is 0.721. The van der Waals surface area contributed by atoms with Gasteiger partial charge >= 0.3 is 0 Å². The van der Waals surface area contributed by atoms with Crippen LogP contribution < -0.4 is 5.32 Å². The van der Waals surface area contributed by atoms with Gasteiger partial charge in [-0.3, -0.25) is 4.79 Å². The number of hydrogen-bond acceptors (Lipinski definition) is 3. The van der Waals surface area contributed by atoms with Crippen molar-refractivity contribution >= 4 is 5.91 Å². The van der Waals surface area contributed by atoms with Crippen molar-refractivity contribution in [3.8, 4) is 11.3 Å². The van der Waals surface area contributed by atoms with Crippen LogP contribution in [-0.2, 0) is 11.3 Å². The molecule has 0 bridgehead atoms. The predicted octanol–water partition coefficient (Wildman–Crippen LogP) is 3.71. The maximum atomic E-state index is 12.6. The van der Waals surface area contributed by atoms with E-state index in [0.29, 0.717) is 12.2 Å². The van der Waals surface area contributed by atoms with Gasteiger partial charge in [0.15, 0.2) is 0 Å². The Labute approximate surface area is 147 Å². The number of benzene rings is 2. The summed E-state index contributed by atoms with van der Waals surface area (Å²) in [5.41, 5.74) is 3.46. The van der Waals surface area contributed by atoms with Crippen LogP contribution >= 0.6 is 0 Å². The fraction of sp³-hybridized carbons (Fsp3) is 0.200. The van der Waals surface area contributed by atoms with Gasteiger partial charge in [0.05, 0.1) is 24.5 Å². The normalized spacial score (nSPS) is 11.9. The first kappa shape index (κ1) is 16.9. The molecule has 0 spiro atoms. The molecule has 25 heavy (non-hydrogen) atoms. The number of imidazole rings is 1. The lowest BCUT2D eigenvalue weighted by atomic mass is 10.1. The second-order valence-corrected chi connectivity index (χ2v) is 5.83. The first-order valence-corrected chi connectivity index (χ1v) is 8.17. The fourth-order valence-corrected chi connectivity index (χ4v) is 2.69. The summed E-state index contributed by atoms with van der Waals surface area (Å²) >= 11 is 0. The smallest absolute Gasteiger partial charge is 0.252 e. The minimum Gasteiger partial charge on any atom is -0.380 e. The number of carbonyl (C=O) groups excluding carboxylic acids is 1. The van der Waals surface area contributed by atoms with Gasteiger partial charge in [-0.05, 0) is 24.1 Å². The van der Waals surface area contributed by atoms with Crippen LogP contribution in [0.4, 0.5) is 0 Å². The summed E-state index contributed by atoms with van der Waals surface area (Å²) in [5.74, 6) is 0.578. The Morgan fingerprint density at radius 2 is 1.88 bits per heavy atom. The second kappa shape index (κ2) is 7.77. The van der Waals surface area contributed by atoms with Crippen molar-refractivity contribution in [2.24, 2.45) is 0 Å². The first-order valence-electron chi connectivity index (χ1n) is 8.17. The Morgan fingerprint density at radius 3 is 2.64 bits per heavy atom. The van der Waals surface area contributed by atoms with E-state index in [0.717, 1.165) is 22.6 Å². The SMILES string of the molecule is COCc1ccccc1C(=O)N[C@H](C)c1ncc(-c2ccccc2)[nH]1. The zero-order chi connectivity index (χ0) is 17.6. The lowest BCUT2D eigenvalue weighted by Gasteiger charge is -2.14. The molecule has 5 heteroatoms. The lowest BCUT2D eigenvalue weighted by Crippen LogP contribution is -2.28. The first-order chi connectivity index (χ1) is 12.2. The molecule has 0 saturated heterocycles. The molecule has 1 heterocycles. The molecule has 0 fully saturated rings. The molecule has 128 valence electrons. The molecule has 1 atom stereocenters. The number of nitrogens with zero attached hydrogens (tertiary/aromatic N) is 1. The van der Waals surface area contributed by atoms with Crippen LogP contribution in [0.2, 0.25) is 0 Å². The highest BCUT2D eigenvalue weighted by atomic mass is 16.5. The summed E-state index contributed by atoms with van der Waals surface area (Å²) in [6, 6.07) is 17.2. The molecule has 1 aromatic heterocycles. The fourth-order valence-electron chi connectivity index (χ4n) is 2.69. The van der Waals surface area contributed by atoms with E-state index >= 15 is 0 Å². The van der Waals surface area contributed by atoms with Crippen molar-refractivity contribution in [3.05, 3.63) is 77.7 Å². The Balaban J connectivity index is 1.73. The van der Waals surface area contributed by atoms with Gasteiger partial charge in [0, 0.05) is 12.7 Å². The molecule has 0 radical (unpaired) electrons. The molecule has 2 aromatic carbocycles. The number of methoxy groups -OCH3 is 1. The maximum Gasteiger partial charge on any atom is 0.252 e. The molecule has 0 aliphatic carbocycles. The van der Waals surface area contributed by atoms with E-state index in [2.05, 4.69) is 15.3 Å². The zero-order valence-corrected chi connectivity index (χ0v) is 14.3. The standard InChI is InChI=1S/C20H21N3O2/c1-14(19-21-12-18(23-19)15-8-4-3-5-9-15)22-20(24)17-11-7-6-10-16(17)13-25-2/h3-12,14H,13H2,1-2H3,(H,21,23)(H,22,24)/t14-/m1/s1. The van der Waals surface area contributed by atoms with Crippen LogP contribution in [0.3, 0.4) is 0 Å². The van der Waals surface area contributed by atoms with Gasteiger partial charge in [-0.15, -0.1) is 0 Å². The average molecular weight is 335 g/mol. The Hall–Kier alpha value is -2.92. The second-order valence-electron chi connectivity index (χ2n) is 5.83. The number of rotatable bonds is 6. The van der Waals surface area contributed by atoms with Crippen LogP contribution in [0.15, 0.2) is 60.8 Å². The summed E-state index contributed by atoms with van der Waals surface area (Å²) < 4.78 is 5.16. The molecule has 3 rings (SSSR count). The summed E-state index contributed by atoms with van der Waals surface area (Å²) in [4.78, 5) is 20.3. The van der Waals surface area contributed by atoms with Crippen molar-refractivity contribution in [3.63, 3.8) is 0 Å². The number of amides is 1. The molecule has 3 aromatic rings. The topological polar surface area (TPSA) is 67.0 Å². The maximum absolute atomic E-state index is 12.6. The Bertz CT molecular complexity index is 843. The minimum atomic E-state index is -0.236. The van der Waals surface area contributed by atoms with Crippen LogP contribution in [0, 0.1) is 0 Å². The van der Waals surface area contributed by atoms with E-state index in [1.165, 1.54) is 0 Å².